The molecule has 2 rings (SSSR count). The minimum absolute atomic E-state index is 0.241. The number of aryl methyl sites for hydroxylation is 1. The van der Waals surface area contributed by atoms with E-state index in [9.17, 15) is 9.59 Å². The van der Waals surface area contributed by atoms with Crippen LogP contribution in [0.3, 0.4) is 0 Å². The van der Waals surface area contributed by atoms with Crippen molar-refractivity contribution in [1.82, 2.24) is 9.88 Å². The lowest BCUT2D eigenvalue weighted by Crippen LogP contribution is -2.36. The zero-order valence-corrected chi connectivity index (χ0v) is 11.4. The van der Waals surface area contributed by atoms with Gasteiger partial charge in [-0.05, 0) is 30.2 Å². The first-order valence-corrected chi connectivity index (χ1v) is 6.20. The second-order valence-electron chi connectivity index (χ2n) is 4.35. The van der Waals surface area contributed by atoms with E-state index >= 15 is 0 Å². The van der Waals surface area contributed by atoms with Crippen LogP contribution in [0.1, 0.15) is 22.0 Å². The van der Waals surface area contributed by atoms with Gasteiger partial charge in [0.15, 0.2) is 0 Å². The summed E-state index contributed by atoms with van der Waals surface area (Å²) in [7, 11) is 1.27. The van der Waals surface area contributed by atoms with Crippen molar-refractivity contribution in [2.75, 3.05) is 7.11 Å². The number of nitrogens with one attached hydrogen (secondary N) is 1. The molecule has 0 fully saturated rings. The summed E-state index contributed by atoms with van der Waals surface area (Å²) in [5.74, 6) is -0.241. The third kappa shape index (κ3) is 2.88. The molecule has 0 spiro atoms. The maximum absolute atomic E-state index is 12.5. The molecule has 0 saturated carbocycles. The van der Waals surface area contributed by atoms with Gasteiger partial charge >= 0.3 is 6.09 Å². The predicted octanol–water partition coefficient (Wildman–Crippen LogP) is 2.53. The van der Waals surface area contributed by atoms with Crippen molar-refractivity contribution in [2.24, 2.45) is 0 Å². The number of nitrogens with zero attached hydrogens (tertiary/aromatic N) is 1. The molecule has 20 heavy (non-hydrogen) atoms. The van der Waals surface area contributed by atoms with Crippen molar-refractivity contribution in [3.63, 3.8) is 0 Å². The first-order valence-electron chi connectivity index (χ1n) is 6.20. The molecule has 0 radical (unpaired) electrons. The fraction of sp³-hybridized carbons (Fsp3) is 0.200. The Labute approximate surface area is 117 Å². The maximum Gasteiger partial charge on any atom is 0.407 e. The molecule has 5 nitrogen and oxygen atoms in total. The number of methoxy groups -OCH3 is 1. The van der Waals surface area contributed by atoms with E-state index in [1.54, 1.807) is 24.5 Å². The average molecular weight is 272 g/mol. The van der Waals surface area contributed by atoms with Gasteiger partial charge in [0, 0.05) is 12.4 Å². The second kappa shape index (κ2) is 6.06. The van der Waals surface area contributed by atoms with Crippen LogP contribution in [0, 0.1) is 6.92 Å². The first-order chi connectivity index (χ1) is 9.63. The zero-order chi connectivity index (χ0) is 14.5. The molecule has 1 atom stereocenters. The number of ether oxygens (including phenoxy) is 1. The molecular weight excluding hydrogens is 256 g/mol. The minimum atomic E-state index is -0.781. The number of carbonyl (C=O) groups excluding carboxylic acids is 2. The Morgan fingerprint density at radius 1 is 1.15 bits per heavy atom. The molecule has 0 aliphatic carbocycles. The fourth-order valence-corrected chi connectivity index (χ4v) is 1.99. The van der Waals surface area contributed by atoms with Gasteiger partial charge in [0.1, 0.15) is 6.04 Å². The van der Waals surface area contributed by atoms with Crippen LogP contribution in [0.5, 0.6) is 0 Å². The van der Waals surface area contributed by atoms with E-state index in [0.717, 1.165) is 11.1 Å². The summed E-state index contributed by atoms with van der Waals surface area (Å²) < 4.78 is 6.04. The van der Waals surface area contributed by atoms with Crippen molar-refractivity contribution in [3.05, 3.63) is 59.9 Å². The third-order valence-electron chi connectivity index (χ3n) is 3.05. The maximum atomic E-state index is 12.5. The lowest BCUT2D eigenvalue weighted by atomic mass is 10.0. The molecule has 0 aliphatic rings. The van der Waals surface area contributed by atoms with E-state index < -0.39 is 12.1 Å². The molecule has 1 amide bonds. The largest absolute Gasteiger partial charge is 0.453 e. The number of benzene rings is 1. The molecule has 1 heterocycles. The summed E-state index contributed by atoms with van der Waals surface area (Å²) in [4.78, 5) is 24.0. The van der Waals surface area contributed by atoms with Crippen LogP contribution in [0.15, 0.2) is 48.8 Å². The minimum Gasteiger partial charge on any atom is -0.453 e. The van der Waals surface area contributed by atoms with Crippen LogP contribution in [-0.2, 0) is 4.74 Å². The molecule has 1 unspecified atom stereocenters. The molecule has 104 valence electrons. The first kappa shape index (κ1) is 13.9. The second-order valence-corrected chi connectivity index (χ2v) is 4.35. The topological polar surface area (TPSA) is 60.3 Å². The Kier molecular flexibility index (Phi) is 4.20. The predicted molar refractivity (Wildman–Crippen MR) is 74.5 cm³/mol. The normalized spacial score (nSPS) is 11.7. The molecule has 1 aromatic heterocycles. The molecule has 0 bridgehead atoms. The average Bonchev–Trinajstić information content (AvgIpc) is 2.99. The SMILES string of the molecule is COC(=O)NC(C(=O)n1cccc1)c1ccccc1C. The zero-order valence-electron chi connectivity index (χ0n) is 11.4. The highest BCUT2D eigenvalue weighted by molar-refractivity contribution is 5.89. The lowest BCUT2D eigenvalue weighted by Gasteiger charge is -2.19. The number of amides is 1. The smallest absolute Gasteiger partial charge is 0.407 e. The summed E-state index contributed by atoms with van der Waals surface area (Å²) in [6, 6.07) is 10.2. The highest BCUT2D eigenvalue weighted by atomic mass is 16.5. The van der Waals surface area contributed by atoms with Crippen molar-refractivity contribution in [1.29, 1.82) is 0 Å². The van der Waals surface area contributed by atoms with Gasteiger partial charge in [-0.2, -0.15) is 0 Å². The van der Waals surface area contributed by atoms with Crippen molar-refractivity contribution >= 4 is 12.0 Å². The van der Waals surface area contributed by atoms with Gasteiger partial charge in [0.25, 0.3) is 5.91 Å². The Morgan fingerprint density at radius 2 is 1.80 bits per heavy atom. The van der Waals surface area contributed by atoms with Crippen molar-refractivity contribution < 1.29 is 14.3 Å². The summed E-state index contributed by atoms with van der Waals surface area (Å²) in [5, 5.41) is 2.58. The van der Waals surface area contributed by atoms with Crippen LogP contribution in [0.4, 0.5) is 4.79 Å². The van der Waals surface area contributed by atoms with E-state index in [1.165, 1.54) is 11.7 Å². The van der Waals surface area contributed by atoms with E-state index in [1.807, 2.05) is 31.2 Å². The van der Waals surface area contributed by atoms with Crippen molar-refractivity contribution in [3.8, 4) is 0 Å². The standard InChI is InChI=1S/C15H16N2O3/c1-11-7-3-4-8-12(11)13(16-15(19)20-2)14(18)17-9-5-6-10-17/h3-10,13H,1-2H3,(H,16,19). The summed E-state index contributed by atoms with van der Waals surface area (Å²) in [6.07, 6.45) is 2.65. The number of aromatic nitrogens is 1. The van der Waals surface area contributed by atoms with Gasteiger partial charge in [-0.3, -0.25) is 9.36 Å². The quantitative estimate of drug-likeness (QED) is 0.934. The summed E-state index contributed by atoms with van der Waals surface area (Å²) >= 11 is 0. The Bertz CT molecular complexity index is 605. The Morgan fingerprint density at radius 3 is 2.40 bits per heavy atom. The van der Waals surface area contributed by atoms with Crippen LogP contribution < -0.4 is 5.32 Å². The van der Waals surface area contributed by atoms with Gasteiger partial charge in [-0.1, -0.05) is 24.3 Å². The van der Waals surface area contributed by atoms with Gasteiger partial charge in [0.05, 0.1) is 7.11 Å². The monoisotopic (exact) mass is 272 g/mol. The van der Waals surface area contributed by atoms with Crippen LogP contribution in [-0.4, -0.2) is 23.7 Å². The van der Waals surface area contributed by atoms with E-state index in [4.69, 9.17) is 0 Å². The molecule has 2 aromatic rings. The third-order valence-corrected chi connectivity index (χ3v) is 3.05. The number of rotatable bonds is 3. The van der Waals surface area contributed by atoms with E-state index in [2.05, 4.69) is 10.1 Å². The highest BCUT2D eigenvalue weighted by Crippen LogP contribution is 2.19. The molecular formula is C15H16N2O3. The Balaban J connectivity index is 2.37. The van der Waals surface area contributed by atoms with E-state index in [-0.39, 0.29) is 5.91 Å². The number of hydrogen-bond donors (Lipinski definition) is 1. The molecule has 5 heteroatoms. The summed E-state index contributed by atoms with van der Waals surface area (Å²) in [5.41, 5.74) is 1.67. The highest BCUT2D eigenvalue weighted by Gasteiger charge is 2.25. The van der Waals surface area contributed by atoms with Gasteiger partial charge in [0.2, 0.25) is 0 Å². The van der Waals surface area contributed by atoms with Gasteiger partial charge < -0.3 is 10.1 Å². The molecule has 1 N–H and O–H groups in total. The number of hydrogen-bond acceptors (Lipinski definition) is 3. The van der Waals surface area contributed by atoms with Gasteiger partial charge in [-0.25, -0.2) is 4.79 Å². The number of carbonyl (C=O) groups is 2. The molecule has 0 saturated heterocycles. The number of alkyl carbamates (subject to hydrolysis) is 1. The summed E-state index contributed by atoms with van der Waals surface area (Å²) in [6.45, 7) is 1.89. The fourth-order valence-electron chi connectivity index (χ4n) is 1.99. The lowest BCUT2D eigenvalue weighted by molar-refractivity contribution is 0.0849. The molecule has 0 aliphatic heterocycles. The van der Waals surface area contributed by atoms with Crippen LogP contribution in [0.25, 0.3) is 0 Å². The Hall–Kier alpha value is -2.56. The van der Waals surface area contributed by atoms with E-state index in [0.29, 0.717) is 0 Å². The van der Waals surface area contributed by atoms with Crippen LogP contribution in [0.2, 0.25) is 0 Å². The van der Waals surface area contributed by atoms with Crippen LogP contribution >= 0.6 is 0 Å². The van der Waals surface area contributed by atoms with Crippen molar-refractivity contribution in [2.45, 2.75) is 13.0 Å². The molecule has 1 aromatic carbocycles. The van der Waals surface area contributed by atoms with Gasteiger partial charge in [-0.15, -0.1) is 0 Å².